The average Bonchev–Trinajstić information content (AvgIpc) is 2.41. The van der Waals surface area contributed by atoms with E-state index in [4.69, 9.17) is 11.6 Å². The number of benzene rings is 2. The van der Waals surface area contributed by atoms with Crippen molar-refractivity contribution in [2.45, 2.75) is 0 Å². The number of nitro benzene ring substituents is 1. The molecule has 0 aliphatic heterocycles. The largest absolute Gasteiger partial charge is 0.319 e. The summed E-state index contributed by atoms with van der Waals surface area (Å²) in [7, 11) is 0. The van der Waals surface area contributed by atoms with Crippen LogP contribution in [0.15, 0.2) is 36.4 Å². The molecule has 5 nitrogen and oxygen atoms in total. The van der Waals surface area contributed by atoms with Gasteiger partial charge >= 0.3 is 0 Å². The van der Waals surface area contributed by atoms with Crippen LogP contribution in [0, 0.1) is 21.7 Å². The number of hydrogen-bond acceptors (Lipinski definition) is 3. The van der Waals surface area contributed by atoms with Gasteiger partial charge in [0, 0.05) is 11.1 Å². The van der Waals surface area contributed by atoms with Crippen molar-refractivity contribution in [3.05, 3.63) is 68.7 Å². The van der Waals surface area contributed by atoms with Crippen LogP contribution >= 0.6 is 11.6 Å². The Bertz CT molecular complexity index is 737. The fourth-order valence-electron chi connectivity index (χ4n) is 1.63. The number of carbonyl (C=O) groups excluding carboxylic acids is 1. The van der Waals surface area contributed by atoms with E-state index in [1.54, 1.807) is 0 Å². The maximum atomic E-state index is 13.6. The Hall–Kier alpha value is -2.54. The molecule has 0 fully saturated rings. The van der Waals surface area contributed by atoms with E-state index in [1.165, 1.54) is 12.1 Å². The lowest BCUT2D eigenvalue weighted by Gasteiger charge is -2.07. The van der Waals surface area contributed by atoms with Gasteiger partial charge in [-0.2, -0.15) is 0 Å². The third kappa shape index (κ3) is 3.32. The van der Waals surface area contributed by atoms with Gasteiger partial charge < -0.3 is 5.32 Å². The molecular weight excluding hydrogens is 306 g/mol. The SMILES string of the molecule is O=C(Nc1ccc(Cl)cc1F)c1cc(F)ccc1[N+](=O)[O-]. The summed E-state index contributed by atoms with van der Waals surface area (Å²) in [5.74, 6) is -2.63. The number of nitro groups is 1. The van der Waals surface area contributed by atoms with Crippen molar-refractivity contribution in [3.8, 4) is 0 Å². The number of nitrogens with one attached hydrogen (secondary N) is 1. The fourth-order valence-corrected chi connectivity index (χ4v) is 1.79. The number of amides is 1. The van der Waals surface area contributed by atoms with Crippen LogP contribution in [0.1, 0.15) is 10.4 Å². The molecule has 2 aromatic carbocycles. The van der Waals surface area contributed by atoms with E-state index in [1.807, 2.05) is 0 Å². The second kappa shape index (κ2) is 5.84. The monoisotopic (exact) mass is 312 g/mol. The summed E-state index contributed by atoms with van der Waals surface area (Å²) < 4.78 is 26.7. The first kappa shape index (κ1) is 14.9. The molecule has 0 aliphatic rings. The first-order chi connectivity index (χ1) is 9.88. The van der Waals surface area contributed by atoms with E-state index in [9.17, 15) is 23.7 Å². The molecule has 0 bridgehead atoms. The summed E-state index contributed by atoms with van der Waals surface area (Å²) in [6, 6.07) is 5.93. The number of carbonyl (C=O) groups is 1. The van der Waals surface area contributed by atoms with Crippen LogP contribution in [-0.2, 0) is 0 Å². The molecule has 0 aliphatic carbocycles. The minimum atomic E-state index is -0.998. The molecule has 0 unspecified atom stereocenters. The van der Waals surface area contributed by atoms with E-state index in [0.717, 1.165) is 18.2 Å². The van der Waals surface area contributed by atoms with Crippen molar-refractivity contribution >= 4 is 28.9 Å². The lowest BCUT2D eigenvalue weighted by molar-refractivity contribution is -0.385. The van der Waals surface area contributed by atoms with Gasteiger partial charge in [-0.3, -0.25) is 14.9 Å². The van der Waals surface area contributed by atoms with Crippen LogP contribution in [0.3, 0.4) is 0 Å². The van der Waals surface area contributed by atoms with Gasteiger partial charge in [-0.1, -0.05) is 11.6 Å². The second-order valence-electron chi connectivity index (χ2n) is 4.00. The first-order valence-corrected chi connectivity index (χ1v) is 5.96. The van der Waals surface area contributed by atoms with Crippen molar-refractivity contribution in [1.82, 2.24) is 0 Å². The highest BCUT2D eigenvalue weighted by molar-refractivity contribution is 6.30. The Morgan fingerprint density at radius 1 is 1.19 bits per heavy atom. The molecule has 0 spiro atoms. The van der Waals surface area contributed by atoms with Crippen LogP contribution in [0.25, 0.3) is 0 Å². The van der Waals surface area contributed by atoms with Crippen LogP contribution in [0.2, 0.25) is 5.02 Å². The van der Waals surface area contributed by atoms with Crippen molar-refractivity contribution in [3.63, 3.8) is 0 Å². The van der Waals surface area contributed by atoms with Gasteiger partial charge in [0.25, 0.3) is 11.6 Å². The number of rotatable bonds is 3. The normalized spacial score (nSPS) is 10.2. The van der Waals surface area contributed by atoms with Crippen LogP contribution < -0.4 is 5.32 Å². The number of anilines is 1. The molecule has 0 saturated heterocycles. The minimum absolute atomic E-state index is 0.127. The molecule has 8 heteroatoms. The van der Waals surface area contributed by atoms with Gasteiger partial charge in [-0.25, -0.2) is 8.78 Å². The van der Waals surface area contributed by atoms with Crippen LogP contribution in [0.4, 0.5) is 20.2 Å². The van der Waals surface area contributed by atoms with Gasteiger partial charge in [0.15, 0.2) is 0 Å². The zero-order chi connectivity index (χ0) is 15.6. The highest BCUT2D eigenvalue weighted by Crippen LogP contribution is 2.23. The molecule has 2 rings (SSSR count). The Morgan fingerprint density at radius 3 is 2.52 bits per heavy atom. The molecule has 0 aromatic heterocycles. The Labute approximate surface area is 122 Å². The summed E-state index contributed by atoms with van der Waals surface area (Å²) in [5, 5.41) is 13.1. The Kier molecular flexibility index (Phi) is 4.13. The van der Waals surface area contributed by atoms with Crippen molar-refractivity contribution in [2.75, 3.05) is 5.32 Å². The lowest BCUT2D eigenvalue weighted by atomic mass is 10.1. The molecule has 1 amide bonds. The molecule has 0 heterocycles. The second-order valence-corrected chi connectivity index (χ2v) is 4.43. The zero-order valence-corrected chi connectivity index (χ0v) is 11.0. The molecule has 2 aromatic rings. The average molecular weight is 313 g/mol. The van der Waals surface area contributed by atoms with E-state index in [-0.39, 0.29) is 10.7 Å². The van der Waals surface area contributed by atoms with Gasteiger partial charge in [0.1, 0.15) is 17.2 Å². The van der Waals surface area contributed by atoms with Crippen LogP contribution in [-0.4, -0.2) is 10.8 Å². The van der Waals surface area contributed by atoms with Gasteiger partial charge in [-0.15, -0.1) is 0 Å². The lowest BCUT2D eigenvalue weighted by Crippen LogP contribution is -2.15. The van der Waals surface area contributed by atoms with Gasteiger partial charge in [0.2, 0.25) is 0 Å². The predicted molar refractivity (Wildman–Crippen MR) is 72.4 cm³/mol. The molecular formula is C13H7ClF2N2O3. The highest BCUT2D eigenvalue weighted by Gasteiger charge is 2.21. The third-order valence-corrected chi connectivity index (χ3v) is 2.81. The van der Waals surface area contributed by atoms with Gasteiger partial charge in [0.05, 0.1) is 10.6 Å². The Morgan fingerprint density at radius 2 is 1.90 bits per heavy atom. The molecule has 1 N–H and O–H groups in total. The number of hydrogen-bond donors (Lipinski definition) is 1. The van der Waals surface area contributed by atoms with Crippen molar-refractivity contribution < 1.29 is 18.5 Å². The highest BCUT2D eigenvalue weighted by atomic mass is 35.5. The molecule has 21 heavy (non-hydrogen) atoms. The molecule has 0 atom stereocenters. The maximum absolute atomic E-state index is 13.6. The van der Waals surface area contributed by atoms with E-state index in [2.05, 4.69) is 5.32 Å². The quantitative estimate of drug-likeness (QED) is 0.692. The fraction of sp³-hybridized carbons (Fsp3) is 0. The van der Waals surface area contributed by atoms with E-state index < -0.39 is 33.7 Å². The Balaban J connectivity index is 2.36. The van der Waals surface area contributed by atoms with E-state index in [0.29, 0.717) is 6.07 Å². The topological polar surface area (TPSA) is 72.2 Å². The summed E-state index contributed by atoms with van der Waals surface area (Å²) >= 11 is 5.57. The van der Waals surface area contributed by atoms with E-state index >= 15 is 0 Å². The first-order valence-electron chi connectivity index (χ1n) is 5.59. The standard InChI is InChI=1S/C13H7ClF2N2O3/c14-7-1-3-11(10(16)5-7)17-13(19)9-6-8(15)2-4-12(9)18(20)21/h1-6H,(H,17,19). The molecule has 0 radical (unpaired) electrons. The van der Waals surface area contributed by atoms with Crippen LogP contribution in [0.5, 0.6) is 0 Å². The molecule has 0 saturated carbocycles. The van der Waals surface area contributed by atoms with Crippen molar-refractivity contribution in [1.29, 1.82) is 0 Å². The summed E-state index contributed by atoms with van der Waals surface area (Å²) in [4.78, 5) is 21.9. The number of halogens is 3. The zero-order valence-electron chi connectivity index (χ0n) is 10.3. The predicted octanol–water partition coefficient (Wildman–Crippen LogP) is 3.78. The summed E-state index contributed by atoms with van der Waals surface area (Å²) in [5.41, 5.74) is -1.31. The molecule has 108 valence electrons. The smallest absolute Gasteiger partial charge is 0.282 e. The van der Waals surface area contributed by atoms with Gasteiger partial charge in [-0.05, 0) is 30.3 Å². The minimum Gasteiger partial charge on any atom is -0.319 e. The maximum Gasteiger partial charge on any atom is 0.282 e. The summed E-state index contributed by atoms with van der Waals surface area (Å²) in [6.07, 6.45) is 0. The third-order valence-electron chi connectivity index (χ3n) is 2.58. The number of nitrogens with zero attached hydrogens (tertiary/aromatic N) is 1. The van der Waals surface area contributed by atoms with Crippen molar-refractivity contribution in [2.24, 2.45) is 0 Å². The summed E-state index contributed by atoms with van der Waals surface area (Å²) in [6.45, 7) is 0.